The van der Waals surface area contributed by atoms with Crippen LogP contribution in [-0.4, -0.2) is 131 Å². The number of ether oxygens (including phenoxy) is 1. The third-order valence-corrected chi connectivity index (χ3v) is 18.1. The van der Waals surface area contributed by atoms with Crippen LogP contribution < -0.4 is 4.90 Å². The summed E-state index contributed by atoms with van der Waals surface area (Å²) in [6.07, 6.45) is 6.25. The molecule has 2 unspecified atom stereocenters. The van der Waals surface area contributed by atoms with Gasteiger partial charge in [-0.05, 0) is 112 Å². The molecular weight excluding hydrogens is 1100 g/mol. The smallest absolute Gasteiger partial charge is 0.333 e. The quantitative estimate of drug-likeness (QED) is 0.0310. The number of hydrogen-bond donors (Lipinski definition) is 5. The fourth-order valence-corrected chi connectivity index (χ4v) is 13.6. The lowest BCUT2D eigenvalue weighted by molar-refractivity contribution is -0.433. The molecule has 4 aromatic rings. The molecule has 7 rings (SSSR count). The van der Waals surface area contributed by atoms with Gasteiger partial charge >= 0.3 is 5.97 Å². The molecule has 3 aliphatic rings. The number of amides is 2. The SMILES string of the molecule is CC[N+]1=C(/C=C/C(C)=C/C=C2/N(CCCC(=O)ON3C(=O)CCC3=O)c3ccc4c(S(=O)(=O)O)cc(S(=O)(=O)O)cc4c3C2(C)CCOC)C(C)(CCCS(=O)(=O)O)c2c1ccc1c(S(=O)(=O)O)cc(S(=O)(=O)O)cc21. The van der Waals surface area contributed by atoms with Crippen LogP contribution >= 0.6 is 0 Å². The first-order valence-corrected chi connectivity index (χ1v) is 30.7. The van der Waals surface area contributed by atoms with Gasteiger partial charge in [-0.15, -0.1) is 5.06 Å². The highest BCUT2D eigenvalue weighted by Crippen LogP contribution is 2.54. The summed E-state index contributed by atoms with van der Waals surface area (Å²) in [5, 5.41) is 0.225. The number of hydrogen-bond acceptors (Lipinski definition) is 16. The number of rotatable bonds is 20. The third kappa shape index (κ3) is 11.4. The Labute approximate surface area is 438 Å². The maximum Gasteiger partial charge on any atom is 0.333 e. The molecule has 23 nitrogen and oxygen atoms in total. The van der Waals surface area contributed by atoms with Crippen LogP contribution in [-0.2, 0) is 85.4 Å². The van der Waals surface area contributed by atoms with E-state index in [1.165, 1.54) is 19.2 Å². The van der Waals surface area contributed by atoms with Crippen LogP contribution in [0.15, 0.2) is 104 Å². The van der Waals surface area contributed by atoms with Crippen LogP contribution in [0.1, 0.15) is 83.8 Å². The Morgan fingerprint density at radius 2 is 1.28 bits per heavy atom. The molecule has 3 heterocycles. The molecular formula is C48H54N3O20S5+. The molecule has 5 N–H and O–H groups in total. The zero-order valence-electron chi connectivity index (χ0n) is 41.4. The molecule has 0 radical (unpaired) electrons. The first-order valence-electron chi connectivity index (χ1n) is 23.3. The number of carbonyl (C=O) groups is 3. The Balaban J connectivity index is 1.39. The molecule has 0 aromatic heterocycles. The zero-order valence-corrected chi connectivity index (χ0v) is 45.5. The van der Waals surface area contributed by atoms with E-state index < -0.39 is 105 Å². The van der Waals surface area contributed by atoms with Crippen molar-refractivity contribution in [2.75, 3.05) is 37.5 Å². The number of imide groups is 1. The van der Waals surface area contributed by atoms with Gasteiger partial charge in [0.2, 0.25) is 5.69 Å². The summed E-state index contributed by atoms with van der Waals surface area (Å²) in [5.74, 6) is -2.94. The predicted octanol–water partition coefficient (Wildman–Crippen LogP) is 5.61. The lowest BCUT2D eigenvalue weighted by Gasteiger charge is -2.30. The number of benzene rings is 4. The summed E-state index contributed by atoms with van der Waals surface area (Å²) in [6.45, 7) is 7.32. The summed E-state index contributed by atoms with van der Waals surface area (Å²) >= 11 is 0. The van der Waals surface area contributed by atoms with Crippen molar-refractivity contribution in [1.29, 1.82) is 0 Å². The van der Waals surface area contributed by atoms with E-state index in [9.17, 15) is 79.2 Å². The molecule has 0 bridgehead atoms. The minimum atomic E-state index is -5.12. The third-order valence-electron chi connectivity index (χ3n) is 13.8. The van der Waals surface area contributed by atoms with Crippen LogP contribution in [0.5, 0.6) is 0 Å². The van der Waals surface area contributed by atoms with E-state index in [2.05, 4.69) is 0 Å². The van der Waals surface area contributed by atoms with E-state index in [1.807, 2.05) is 4.58 Å². The second-order valence-corrected chi connectivity index (χ2v) is 26.1. The van der Waals surface area contributed by atoms with E-state index in [4.69, 9.17) is 9.57 Å². The van der Waals surface area contributed by atoms with E-state index >= 15 is 0 Å². The monoisotopic (exact) mass is 1150 g/mol. The van der Waals surface area contributed by atoms with Crippen molar-refractivity contribution >= 4 is 107 Å². The number of methoxy groups -OCH3 is 1. The summed E-state index contributed by atoms with van der Waals surface area (Å²) < 4.78 is 184. The van der Waals surface area contributed by atoms with Gasteiger partial charge in [0.25, 0.3) is 62.4 Å². The molecule has 3 aliphatic heterocycles. The fraction of sp³-hybridized carbons (Fsp3) is 0.375. The van der Waals surface area contributed by atoms with Crippen molar-refractivity contribution in [2.24, 2.45) is 0 Å². The van der Waals surface area contributed by atoms with Gasteiger partial charge < -0.3 is 14.5 Å². The van der Waals surface area contributed by atoms with Crippen molar-refractivity contribution in [3.63, 3.8) is 0 Å². The lowest BCUT2D eigenvalue weighted by Crippen LogP contribution is -2.33. The van der Waals surface area contributed by atoms with Crippen molar-refractivity contribution in [3.05, 3.63) is 95.2 Å². The second-order valence-electron chi connectivity index (χ2n) is 18.9. The average molecular weight is 1150 g/mol. The molecule has 76 heavy (non-hydrogen) atoms. The molecule has 28 heteroatoms. The number of carbonyl (C=O) groups excluding carboxylic acids is 3. The number of anilines is 1. The van der Waals surface area contributed by atoms with E-state index in [-0.39, 0.29) is 86.2 Å². The molecule has 1 fully saturated rings. The van der Waals surface area contributed by atoms with Crippen LogP contribution in [0.25, 0.3) is 21.5 Å². The van der Waals surface area contributed by atoms with Crippen molar-refractivity contribution < 1.29 is 93.4 Å². The van der Waals surface area contributed by atoms with Gasteiger partial charge in [0.1, 0.15) is 16.3 Å². The van der Waals surface area contributed by atoms with Gasteiger partial charge in [-0.2, -0.15) is 46.7 Å². The fourth-order valence-electron chi connectivity index (χ4n) is 10.4. The van der Waals surface area contributed by atoms with Gasteiger partial charge in [-0.1, -0.05) is 23.8 Å². The van der Waals surface area contributed by atoms with Gasteiger partial charge in [0.15, 0.2) is 5.71 Å². The van der Waals surface area contributed by atoms with Crippen LogP contribution in [0.4, 0.5) is 11.4 Å². The first kappa shape index (κ1) is 57.9. The Hall–Kier alpha value is -5.79. The normalized spacial score (nSPS) is 20.3. The standard InChI is InChI=1S/C48H53N3O20S5/c1-6-49-36-14-12-32-34(25-30(73(58,59)60)27-38(32)75(64,65)66)45(36)47(3,20-8-24-72(55,56)57)40(49)16-10-29(2)11-17-41-48(4,21-23-70-5)46-35-26-31(74(61,62)63)28-39(76(67,68)69)33(35)13-15-37(46)50(41)22-7-9-44(54)71-51-42(52)18-19-43(51)53/h10-17,25-28H,6-9,18-24H2,1-5H3,(H4-,55,56,57,58,59,60,61,62,63,64,65,66,67,68,69)/p+1. The molecule has 4 aromatic carbocycles. The topological polar surface area (TPSA) is 351 Å². The largest absolute Gasteiger partial charge is 0.385 e. The predicted molar refractivity (Wildman–Crippen MR) is 274 cm³/mol. The number of fused-ring (bicyclic) bond motifs is 6. The van der Waals surface area contributed by atoms with Gasteiger partial charge in [0.05, 0.1) is 21.0 Å². The van der Waals surface area contributed by atoms with E-state index in [1.54, 1.807) is 69.0 Å². The van der Waals surface area contributed by atoms with Crippen molar-refractivity contribution in [1.82, 2.24) is 5.06 Å². The number of nitrogens with zero attached hydrogens (tertiary/aromatic N) is 3. The average Bonchev–Trinajstić information content (AvgIpc) is 3.85. The minimum Gasteiger partial charge on any atom is -0.385 e. The Kier molecular flexibility index (Phi) is 15.9. The minimum absolute atomic E-state index is 0.00378. The van der Waals surface area contributed by atoms with Crippen LogP contribution in [0.3, 0.4) is 0 Å². The summed E-state index contributed by atoms with van der Waals surface area (Å²) in [4.78, 5) is 41.0. The van der Waals surface area contributed by atoms with Crippen molar-refractivity contribution in [3.8, 4) is 0 Å². The first-order chi connectivity index (χ1) is 35.2. The highest BCUT2D eigenvalue weighted by atomic mass is 32.2. The molecule has 2 atom stereocenters. The Bertz CT molecular complexity index is 3850. The Morgan fingerprint density at radius 3 is 1.79 bits per heavy atom. The van der Waals surface area contributed by atoms with E-state index in [0.717, 1.165) is 12.1 Å². The zero-order chi connectivity index (χ0) is 56.3. The second kappa shape index (κ2) is 20.9. The lowest BCUT2D eigenvalue weighted by atomic mass is 9.74. The highest BCUT2D eigenvalue weighted by Gasteiger charge is 2.49. The molecule has 2 amide bonds. The van der Waals surface area contributed by atoms with E-state index in [0.29, 0.717) is 56.7 Å². The number of hydroxylamine groups is 2. The maximum atomic E-state index is 13.0. The summed E-state index contributed by atoms with van der Waals surface area (Å²) in [6, 6.07) is 9.18. The Morgan fingerprint density at radius 1 is 0.724 bits per heavy atom. The maximum absolute atomic E-state index is 13.0. The van der Waals surface area contributed by atoms with Crippen LogP contribution in [0.2, 0.25) is 0 Å². The summed E-state index contributed by atoms with van der Waals surface area (Å²) in [5.41, 5.74) is 0.527. The molecule has 410 valence electrons. The van der Waals surface area contributed by atoms with Crippen LogP contribution in [0, 0.1) is 0 Å². The molecule has 0 spiro atoms. The van der Waals surface area contributed by atoms with Gasteiger partial charge in [-0.3, -0.25) is 32.4 Å². The van der Waals surface area contributed by atoms with Gasteiger partial charge in [0, 0.05) is 84.8 Å². The molecule has 1 saturated heterocycles. The summed E-state index contributed by atoms with van der Waals surface area (Å²) in [7, 11) is -23.4. The van der Waals surface area contributed by atoms with Crippen molar-refractivity contribution in [2.45, 2.75) is 103 Å². The molecule has 0 saturated carbocycles. The highest BCUT2D eigenvalue weighted by molar-refractivity contribution is 7.87. The molecule has 0 aliphatic carbocycles. The number of allylic oxidation sites excluding steroid dienone is 6. The van der Waals surface area contributed by atoms with Gasteiger partial charge in [-0.25, -0.2) is 4.79 Å².